The van der Waals surface area contributed by atoms with Crippen molar-refractivity contribution in [2.24, 2.45) is 0 Å². The van der Waals surface area contributed by atoms with Crippen LogP contribution in [0.4, 0.5) is 0 Å². The Balaban J connectivity index is 2.14. The summed E-state index contributed by atoms with van der Waals surface area (Å²) in [5.41, 5.74) is 1.18. The zero-order valence-electron chi connectivity index (χ0n) is 11.0. The molecular weight excluding hydrogens is 212 g/mol. The van der Waals surface area contributed by atoms with Crippen molar-refractivity contribution in [2.45, 2.75) is 45.6 Å². The van der Waals surface area contributed by atoms with Gasteiger partial charge < -0.3 is 10.1 Å². The molecule has 1 aromatic heterocycles. The van der Waals surface area contributed by atoms with Crippen LogP contribution in [0.5, 0.6) is 5.88 Å². The molecule has 1 aromatic rings. The summed E-state index contributed by atoms with van der Waals surface area (Å²) in [6.45, 7) is 3.86. The lowest BCUT2D eigenvalue weighted by atomic mass is 10.2. The highest BCUT2D eigenvalue weighted by Crippen LogP contribution is 2.09. The minimum absolute atomic E-state index is 0.736. The van der Waals surface area contributed by atoms with Gasteiger partial charge in [0.2, 0.25) is 5.88 Å². The van der Waals surface area contributed by atoms with Crippen molar-refractivity contribution in [2.75, 3.05) is 13.7 Å². The fraction of sp³-hybridized carbons (Fsp3) is 0.643. The van der Waals surface area contributed by atoms with Crippen LogP contribution in [0.1, 0.15) is 44.6 Å². The summed E-state index contributed by atoms with van der Waals surface area (Å²) in [5, 5.41) is 3.09. The van der Waals surface area contributed by atoms with Crippen LogP contribution >= 0.6 is 0 Å². The third kappa shape index (κ3) is 6.27. The predicted molar refractivity (Wildman–Crippen MR) is 71.3 cm³/mol. The highest BCUT2D eigenvalue weighted by molar-refractivity contribution is 5.17. The SMILES string of the molecule is CCCCCCCOc1ccc(CNC)cn1. The van der Waals surface area contributed by atoms with Gasteiger partial charge in [-0.25, -0.2) is 4.98 Å². The number of rotatable bonds is 9. The number of hydrogen-bond donors (Lipinski definition) is 1. The van der Waals surface area contributed by atoms with E-state index in [1.165, 1.54) is 31.2 Å². The average molecular weight is 236 g/mol. The molecule has 0 aliphatic rings. The lowest BCUT2D eigenvalue weighted by Gasteiger charge is -2.06. The smallest absolute Gasteiger partial charge is 0.213 e. The van der Waals surface area contributed by atoms with E-state index in [0.29, 0.717) is 0 Å². The van der Waals surface area contributed by atoms with Gasteiger partial charge in [0.1, 0.15) is 0 Å². The maximum absolute atomic E-state index is 5.59. The zero-order chi connectivity index (χ0) is 12.3. The summed E-state index contributed by atoms with van der Waals surface area (Å²) in [6, 6.07) is 3.99. The summed E-state index contributed by atoms with van der Waals surface area (Å²) in [6.07, 6.45) is 8.18. The Labute approximate surface area is 105 Å². The first-order valence-corrected chi connectivity index (χ1v) is 6.59. The fourth-order valence-electron chi connectivity index (χ4n) is 1.69. The van der Waals surface area contributed by atoms with Crippen molar-refractivity contribution in [3.05, 3.63) is 23.9 Å². The van der Waals surface area contributed by atoms with Crippen molar-refractivity contribution in [3.63, 3.8) is 0 Å². The number of unbranched alkanes of at least 4 members (excludes halogenated alkanes) is 4. The van der Waals surface area contributed by atoms with E-state index >= 15 is 0 Å². The summed E-state index contributed by atoms with van der Waals surface area (Å²) >= 11 is 0. The maximum atomic E-state index is 5.59. The maximum Gasteiger partial charge on any atom is 0.213 e. The van der Waals surface area contributed by atoms with Crippen LogP contribution in [0.3, 0.4) is 0 Å². The Morgan fingerprint density at radius 1 is 1.18 bits per heavy atom. The van der Waals surface area contributed by atoms with Crippen LogP contribution in [0.2, 0.25) is 0 Å². The number of nitrogens with zero attached hydrogens (tertiary/aromatic N) is 1. The Morgan fingerprint density at radius 2 is 2.00 bits per heavy atom. The highest BCUT2D eigenvalue weighted by Gasteiger charge is 1.96. The molecule has 0 amide bonds. The van der Waals surface area contributed by atoms with E-state index in [1.54, 1.807) is 0 Å². The molecule has 1 rings (SSSR count). The average Bonchev–Trinajstić information content (AvgIpc) is 2.36. The van der Waals surface area contributed by atoms with Gasteiger partial charge in [0.05, 0.1) is 6.61 Å². The van der Waals surface area contributed by atoms with Crippen molar-refractivity contribution in [1.29, 1.82) is 0 Å². The molecule has 0 radical (unpaired) electrons. The van der Waals surface area contributed by atoms with Gasteiger partial charge >= 0.3 is 0 Å². The van der Waals surface area contributed by atoms with E-state index in [2.05, 4.69) is 23.3 Å². The normalized spacial score (nSPS) is 10.5. The van der Waals surface area contributed by atoms with Crippen LogP contribution in [0, 0.1) is 0 Å². The molecule has 0 saturated heterocycles. The Hall–Kier alpha value is -1.09. The largest absolute Gasteiger partial charge is 0.478 e. The number of nitrogens with one attached hydrogen (secondary N) is 1. The lowest BCUT2D eigenvalue weighted by Crippen LogP contribution is -2.05. The van der Waals surface area contributed by atoms with Gasteiger partial charge in [0.15, 0.2) is 0 Å². The molecule has 0 aliphatic heterocycles. The van der Waals surface area contributed by atoms with Gasteiger partial charge in [0.25, 0.3) is 0 Å². The topological polar surface area (TPSA) is 34.1 Å². The lowest BCUT2D eigenvalue weighted by molar-refractivity contribution is 0.293. The molecule has 0 aliphatic carbocycles. The second-order valence-electron chi connectivity index (χ2n) is 4.30. The minimum atomic E-state index is 0.736. The Morgan fingerprint density at radius 3 is 2.65 bits per heavy atom. The molecule has 0 aromatic carbocycles. The van der Waals surface area contributed by atoms with E-state index in [9.17, 15) is 0 Å². The second-order valence-corrected chi connectivity index (χ2v) is 4.30. The quantitative estimate of drug-likeness (QED) is 0.669. The number of pyridine rings is 1. The van der Waals surface area contributed by atoms with Gasteiger partial charge in [-0.1, -0.05) is 38.7 Å². The first kappa shape index (κ1) is 14.0. The van der Waals surface area contributed by atoms with Gasteiger partial charge in [-0.15, -0.1) is 0 Å². The molecule has 0 bridgehead atoms. The van der Waals surface area contributed by atoms with Crippen LogP contribution in [-0.4, -0.2) is 18.6 Å². The summed E-state index contributed by atoms with van der Waals surface area (Å²) in [5.74, 6) is 0.736. The third-order valence-electron chi connectivity index (χ3n) is 2.68. The monoisotopic (exact) mass is 236 g/mol. The summed E-state index contributed by atoms with van der Waals surface area (Å²) < 4.78 is 5.59. The van der Waals surface area contributed by atoms with E-state index in [0.717, 1.165) is 25.5 Å². The van der Waals surface area contributed by atoms with Crippen LogP contribution in [0.15, 0.2) is 18.3 Å². The van der Waals surface area contributed by atoms with Crippen LogP contribution in [0.25, 0.3) is 0 Å². The molecular formula is C14H24N2O. The first-order valence-electron chi connectivity index (χ1n) is 6.59. The van der Waals surface area contributed by atoms with Crippen molar-refractivity contribution in [3.8, 4) is 5.88 Å². The van der Waals surface area contributed by atoms with Crippen molar-refractivity contribution >= 4 is 0 Å². The van der Waals surface area contributed by atoms with E-state index in [-0.39, 0.29) is 0 Å². The standard InChI is InChI=1S/C14H24N2O/c1-3-4-5-6-7-10-17-14-9-8-13(11-15-2)12-16-14/h8-9,12,15H,3-7,10-11H2,1-2H3. The molecule has 3 heteroatoms. The van der Waals surface area contributed by atoms with E-state index < -0.39 is 0 Å². The molecule has 17 heavy (non-hydrogen) atoms. The number of hydrogen-bond acceptors (Lipinski definition) is 3. The predicted octanol–water partition coefficient (Wildman–Crippen LogP) is 3.15. The van der Waals surface area contributed by atoms with Crippen molar-refractivity contribution < 1.29 is 4.74 Å². The first-order chi connectivity index (χ1) is 8.36. The Kier molecular flexibility index (Phi) is 7.39. The minimum Gasteiger partial charge on any atom is -0.478 e. The Bertz CT molecular complexity index is 285. The molecule has 96 valence electrons. The van der Waals surface area contributed by atoms with Crippen LogP contribution < -0.4 is 10.1 Å². The molecule has 0 fully saturated rings. The molecule has 0 atom stereocenters. The number of aromatic nitrogens is 1. The zero-order valence-corrected chi connectivity index (χ0v) is 11.0. The molecule has 0 spiro atoms. The van der Waals surface area contributed by atoms with Gasteiger partial charge in [-0.2, -0.15) is 0 Å². The van der Waals surface area contributed by atoms with Gasteiger partial charge in [-0.3, -0.25) is 0 Å². The molecule has 0 unspecified atom stereocenters. The summed E-state index contributed by atoms with van der Waals surface area (Å²) in [4.78, 5) is 4.27. The number of ether oxygens (including phenoxy) is 1. The molecule has 3 nitrogen and oxygen atoms in total. The third-order valence-corrected chi connectivity index (χ3v) is 2.68. The van der Waals surface area contributed by atoms with Gasteiger partial charge in [-0.05, 0) is 19.0 Å². The fourth-order valence-corrected chi connectivity index (χ4v) is 1.69. The van der Waals surface area contributed by atoms with Gasteiger partial charge in [0, 0.05) is 18.8 Å². The summed E-state index contributed by atoms with van der Waals surface area (Å²) in [7, 11) is 1.93. The van der Waals surface area contributed by atoms with E-state index in [4.69, 9.17) is 4.74 Å². The van der Waals surface area contributed by atoms with Crippen molar-refractivity contribution in [1.82, 2.24) is 10.3 Å². The highest BCUT2D eigenvalue weighted by atomic mass is 16.5. The molecule has 0 saturated carbocycles. The van der Waals surface area contributed by atoms with Crippen LogP contribution in [-0.2, 0) is 6.54 Å². The molecule has 1 heterocycles. The molecule has 1 N–H and O–H groups in total. The van der Waals surface area contributed by atoms with E-state index in [1.807, 2.05) is 19.3 Å². The second kappa shape index (κ2) is 8.99.